The molecule has 0 saturated carbocycles. The van der Waals surface area contributed by atoms with Crippen LogP contribution >= 0.6 is 0 Å². The quantitative estimate of drug-likeness (QED) is 0.173. The number of nitrogens with zero attached hydrogens (tertiary/aromatic N) is 1. The van der Waals surface area contributed by atoms with E-state index in [1.807, 2.05) is 12.1 Å². The Morgan fingerprint density at radius 1 is 0.391 bits per heavy atom. The molecule has 2 heterocycles. The van der Waals surface area contributed by atoms with E-state index in [4.69, 9.17) is 9.15 Å². The van der Waals surface area contributed by atoms with Gasteiger partial charge in [0.2, 0.25) is 0 Å². The molecule has 0 amide bonds. The van der Waals surface area contributed by atoms with Crippen molar-refractivity contribution < 1.29 is 9.15 Å². The van der Waals surface area contributed by atoms with Crippen LogP contribution in [0.1, 0.15) is 25.0 Å². The topological polar surface area (TPSA) is 25.6 Å². The summed E-state index contributed by atoms with van der Waals surface area (Å²) in [4.78, 5) is 2.43. The van der Waals surface area contributed by atoms with E-state index in [9.17, 15) is 0 Å². The summed E-state index contributed by atoms with van der Waals surface area (Å²) in [6.45, 7) is 4.70. The minimum atomic E-state index is -0.177. The maximum atomic E-state index is 7.16. The second-order valence-electron chi connectivity index (χ2n) is 17.6. The molecular formula is C61H41NO2. The highest BCUT2D eigenvalue weighted by molar-refractivity contribution is 6.10. The number of anilines is 3. The second kappa shape index (κ2) is 13.9. The Balaban J connectivity index is 1.04. The highest BCUT2D eigenvalue weighted by atomic mass is 16.5. The molecule has 10 aromatic carbocycles. The van der Waals surface area contributed by atoms with Crippen LogP contribution in [0.25, 0.3) is 88.3 Å². The van der Waals surface area contributed by atoms with Crippen LogP contribution in [0, 0.1) is 0 Å². The van der Waals surface area contributed by atoms with Gasteiger partial charge >= 0.3 is 0 Å². The summed E-state index contributed by atoms with van der Waals surface area (Å²) >= 11 is 0. The summed E-state index contributed by atoms with van der Waals surface area (Å²) in [5, 5.41) is 4.56. The van der Waals surface area contributed by atoms with Crippen molar-refractivity contribution in [3.63, 3.8) is 0 Å². The van der Waals surface area contributed by atoms with Crippen LogP contribution in [0.2, 0.25) is 0 Å². The fraction of sp³-hybridized carbons (Fsp3) is 0.0492. The molecule has 1 aromatic heterocycles. The highest BCUT2D eigenvalue weighted by Gasteiger charge is 2.36. The van der Waals surface area contributed by atoms with Gasteiger partial charge in [0, 0.05) is 44.3 Å². The van der Waals surface area contributed by atoms with E-state index in [2.05, 4.69) is 219 Å². The Kier molecular flexibility index (Phi) is 7.95. The molecule has 0 bridgehead atoms. The van der Waals surface area contributed by atoms with Gasteiger partial charge in [0.1, 0.15) is 22.7 Å². The molecule has 0 saturated heterocycles. The monoisotopic (exact) mass is 819 g/mol. The normalized spacial score (nSPS) is 13.1. The van der Waals surface area contributed by atoms with E-state index in [0.29, 0.717) is 0 Å². The van der Waals surface area contributed by atoms with Crippen molar-refractivity contribution in [1.82, 2.24) is 0 Å². The molecule has 11 aromatic rings. The van der Waals surface area contributed by atoms with E-state index >= 15 is 0 Å². The molecular weight excluding hydrogens is 779 g/mol. The van der Waals surface area contributed by atoms with Gasteiger partial charge in [-0.1, -0.05) is 166 Å². The highest BCUT2D eigenvalue weighted by Crippen LogP contribution is 2.56. The van der Waals surface area contributed by atoms with Crippen molar-refractivity contribution in [2.75, 3.05) is 4.90 Å². The Labute approximate surface area is 372 Å². The summed E-state index contributed by atoms with van der Waals surface area (Å²) in [5.74, 6) is 1.65. The van der Waals surface area contributed by atoms with Gasteiger partial charge in [-0.3, -0.25) is 0 Å². The zero-order chi connectivity index (χ0) is 42.5. The van der Waals surface area contributed by atoms with Crippen molar-refractivity contribution >= 4 is 49.8 Å². The molecule has 13 rings (SSSR count). The van der Waals surface area contributed by atoms with Gasteiger partial charge in [-0.15, -0.1) is 0 Å². The number of ether oxygens (including phenoxy) is 1. The maximum Gasteiger partial charge on any atom is 0.143 e. The van der Waals surface area contributed by atoms with Gasteiger partial charge in [-0.25, -0.2) is 0 Å². The lowest BCUT2D eigenvalue weighted by atomic mass is 9.82. The molecule has 302 valence electrons. The molecule has 3 nitrogen and oxygen atoms in total. The third kappa shape index (κ3) is 5.54. The summed E-state index contributed by atoms with van der Waals surface area (Å²) in [5.41, 5.74) is 18.9. The summed E-state index contributed by atoms with van der Waals surface area (Å²) in [6.07, 6.45) is 0. The summed E-state index contributed by atoms with van der Waals surface area (Å²) in [7, 11) is 0. The molecule has 0 fully saturated rings. The number of hydrogen-bond acceptors (Lipinski definition) is 3. The second-order valence-corrected chi connectivity index (χ2v) is 17.6. The van der Waals surface area contributed by atoms with Crippen molar-refractivity contribution in [2.45, 2.75) is 19.3 Å². The maximum absolute atomic E-state index is 7.16. The van der Waals surface area contributed by atoms with Crippen molar-refractivity contribution in [1.29, 1.82) is 0 Å². The minimum Gasteiger partial charge on any atom is -0.456 e. The van der Waals surface area contributed by atoms with Crippen molar-refractivity contribution in [2.24, 2.45) is 0 Å². The molecule has 3 heteroatoms. The zero-order valence-corrected chi connectivity index (χ0v) is 35.5. The molecule has 2 aliphatic rings. The largest absolute Gasteiger partial charge is 0.456 e. The van der Waals surface area contributed by atoms with E-state index in [1.54, 1.807) is 0 Å². The standard InChI is InChI=1S/C61H41NO2/c1-61(2)53-22-10-8-18-46(53)47-33-31-44(37-54(47)61)62(43-29-26-39(27-30-43)45-20-12-21-50-48-19-9-11-24-56(48)64-60(45)50)55-23-13-25-57-59(55)49-32-28-42(38-14-4-3-5-15-38)34-51(49)52-35-40-16-6-7-17-41(40)36-58(52)63-57/h3-37H,1-2H3. The molecule has 1 aliphatic heterocycles. The number of rotatable bonds is 5. The smallest absolute Gasteiger partial charge is 0.143 e. The molecule has 1 aliphatic carbocycles. The van der Waals surface area contributed by atoms with Gasteiger partial charge in [0.25, 0.3) is 0 Å². The fourth-order valence-electron chi connectivity index (χ4n) is 10.5. The third-order valence-electron chi connectivity index (χ3n) is 13.7. The Morgan fingerprint density at radius 2 is 1.06 bits per heavy atom. The van der Waals surface area contributed by atoms with Crippen LogP contribution in [0.5, 0.6) is 11.5 Å². The van der Waals surface area contributed by atoms with Gasteiger partial charge in [-0.05, 0) is 122 Å². The molecule has 0 unspecified atom stereocenters. The summed E-state index contributed by atoms with van der Waals surface area (Å²) in [6, 6.07) is 76.7. The summed E-state index contributed by atoms with van der Waals surface area (Å²) < 4.78 is 13.7. The molecule has 64 heavy (non-hydrogen) atoms. The van der Waals surface area contributed by atoms with E-state index < -0.39 is 0 Å². The van der Waals surface area contributed by atoms with Crippen molar-refractivity contribution in [3.05, 3.63) is 223 Å². The number of fused-ring (bicyclic) bond motifs is 12. The first-order chi connectivity index (χ1) is 31.5. The predicted molar refractivity (Wildman–Crippen MR) is 265 cm³/mol. The lowest BCUT2D eigenvalue weighted by Crippen LogP contribution is -2.17. The van der Waals surface area contributed by atoms with Crippen molar-refractivity contribution in [3.8, 4) is 67.1 Å². The van der Waals surface area contributed by atoms with E-state index in [0.717, 1.165) is 94.8 Å². The van der Waals surface area contributed by atoms with Crippen LogP contribution in [-0.4, -0.2) is 0 Å². The number of benzene rings is 10. The zero-order valence-electron chi connectivity index (χ0n) is 35.5. The molecule has 0 N–H and O–H groups in total. The SMILES string of the molecule is CC1(C)c2ccccc2-c2ccc(N(c3ccc(-c4cccc5c4oc4ccccc45)cc3)c3cccc4c3-c3ccc(-c5ccccc5)cc3-c3cc5ccccc5cc3O4)cc21. The first kappa shape index (κ1) is 36.5. The van der Waals surface area contributed by atoms with Crippen LogP contribution in [0.3, 0.4) is 0 Å². The first-order valence-electron chi connectivity index (χ1n) is 22.1. The van der Waals surface area contributed by atoms with Crippen LogP contribution in [0.4, 0.5) is 17.1 Å². The predicted octanol–water partition coefficient (Wildman–Crippen LogP) is 17.3. The molecule has 0 radical (unpaired) electrons. The van der Waals surface area contributed by atoms with Gasteiger partial charge < -0.3 is 14.1 Å². The third-order valence-corrected chi connectivity index (χ3v) is 13.7. The molecule has 0 spiro atoms. The number of para-hydroxylation sites is 2. The van der Waals surface area contributed by atoms with Gasteiger partial charge in [0.15, 0.2) is 0 Å². The Hall–Kier alpha value is -8.14. The minimum absolute atomic E-state index is 0.177. The van der Waals surface area contributed by atoms with E-state index in [1.165, 1.54) is 33.2 Å². The van der Waals surface area contributed by atoms with Gasteiger partial charge in [-0.2, -0.15) is 0 Å². The molecule has 0 atom stereocenters. The fourth-order valence-corrected chi connectivity index (χ4v) is 10.5. The van der Waals surface area contributed by atoms with Crippen LogP contribution in [-0.2, 0) is 5.41 Å². The lowest BCUT2D eigenvalue weighted by molar-refractivity contribution is 0.488. The first-order valence-corrected chi connectivity index (χ1v) is 22.1. The van der Waals surface area contributed by atoms with Gasteiger partial charge in [0.05, 0.1) is 5.69 Å². The average molecular weight is 820 g/mol. The number of hydrogen-bond donors (Lipinski definition) is 0. The number of furan rings is 1. The Bertz CT molecular complexity index is 3670. The van der Waals surface area contributed by atoms with Crippen LogP contribution in [0.15, 0.2) is 217 Å². The average Bonchev–Trinajstić information content (AvgIpc) is 3.78. The lowest BCUT2D eigenvalue weighted by Gasteiger charge is -2.30. The van der Waals surface area contributed by atoms with Crippen LogP contribution < -0.4 is 9.64 Å². The van der Waals surface area contributed by atoms with E-state index in [-0.39, 0.29) is 5.41 Å². The Morgan fingerprint density at radius 3 is 1.94 bits per heavy atom.